The summed E-state index contributed by atoms with van der Waals surface area (Å²) in [5.74, 6) is -0.111. The lowest BCUT2D eigenvalue weighted by molar-refractivity contribution is -0.114. The third kappa shape index (κ3) is 3.26. The number of fused-ring (bicyclic) bond motifs is 1. The van der Waals surface area contributed by atoms with E-state index in [0.29, 0.717) is 0 Å². The number of carbonyl (C=O) groups excluding carboxylic acids is 1. The van der Waals surface area contributed by atoms with E-state index >= 15 is 0 Å². The number of aromatic nitrogens is 1. The van der Waals surface area contributed by atoms with Crippen LogP contribution >= 0.6 is 15.9 Å². The number of benzene rings is 2. The van der Waals surface area contributed by atoms with Gasteiger partial charge in [-0.1, -0.05) is 30.3 Å². The van der Waals surface area contributed by atoms with Crippen molar-refractivity contribution in [2.24, 2.45) is 0 Å². The molecule has 2 N–H and O–H groups in total. The van der Waals surface area contributed by atoms with E-state index in [0.717, 1.165) is 26.8 Å². The second-order valence-electron chi connectivity index (χ2n) is 4.76. The fourth-order valence-corrected chi connectivity index (χ4v) is 2.56. The summed E-state index contributed by atoms with van der Waals surface area (Å²) in [6.07, 6.45) is 1.74. The molecule has 110 valence electrons. The van der Waals surface area contributed by atoms with Crippen LogP contribution < -0.4 is 10.6 Å². The zero-order chi connectivity index (χ0) is 15.4. The second-order valence-corrected chi connectivity index (χ2v) is 5.62. The number of nitrogens with zero attached hydrogens (tertiary/aromatic N) is 1. The number of hydrogen-bond donors (Lipinski definition) is 2. The molecular formula is C17H14BrN3O. The molecule has 3 rings (SSSR count). The number of nitrogens with one attached hydrogen (secondary N) is 2. The maximum absolute atomic E-state index is 12.1. The lowest BCUT2D eigenvalue weighted by Crippen LogP contribution is -2.22. The van der Waals surface area contributed by atoms with Gasteiger partial charge in [-0.25, -0.2) is 0 Å². The van der Waals surface area contributed by atoms with Gasteiger partial charge in [-0.3, -0.25) is 9.78 Å². The van der Waals surface area contributed by atoms with Gasteiger partial charge in [-0.2, -0.15) is 0 Å². The average Bonchev–Trinajstić information content (AvgIpc) is 2.55. The topological polar surface area (TPSA) is 54.0 Å². The molecule has 22 heavy (non-hydrogen) atoms. The largest absolute Gasteiger partial charge is 0.374 e. The van der Waals surface area contributed by atoms with Crippen molar-refractivity contribution in [1.82, 2.24) is 4.98 Å². The fourth-order valence-electron chi connectivity index (χ4n) is 2.18. The molecule has 0 aliphatic heterocycles. The van der Waals surface area contributed by atoms with Crippen LogP contribution in [0.25, 0.3) is 10.9 Å². The Hall–Kier alpha value is -2.40. The molecule has 5 heteroatoms. The molecule has 2 aromatic carbocycles. The fraction of sp³-hybridized carbons (Fsp3) is 0.0588. The lowest BCUT2D eigenvalue weighted by atomic mass is 10.2. The molecule has 1 aromatic heterocycles. The summed E-state index contributed by atoms with van der Waals surface area (Å²) >= 11 is 3.41. The monoisotopic (exact) mass is 355 g/mol. The minimum atomic E-state index is -0.111. The summed E-state index contributed by atoms with van der Waals surface area (Å²) in [7, 11) is 0. The third-order valence-electron chi connectivity index (χ3n) is 3.22. The molecule has 1 heterocycles. The van der Waals surface area contributed by atoms with Crippen LogP contribution in [-0.4, -0.2) is 17.4 Å². The van der Waals surface area contributed by atoms with Crippen molar-refractivity contribution in [2.45, 2.75) is 0 Å². The van der Waals surface area contributed by atoms with Gasteiger partial charge in [0.2, 0.25) is 5.91 Å². The Morgan fingerprint density at radius 3 is 2.64 bits per heavy atom. The van der Waals surface area contributed by atoms with E-state index < -0.39 is 0 Å². The van der Waals surface area contributed by atoms with Crippen molar-refractivity contribution in [3.63, 3.8) is 0 Å². The van der Waals surface area contributed by atoms with Gasteiger partial charge < -0.3 is 10.6 Å². The Kier molecular flexibility index (Phi) is 4.34. The molecule has 0 fully saturated rings. The van der Waals surface area contributed by atoms with E-state index in [1.807, 2.05) is 54.6 Å². The molecule has 0 saturated carbocycles. The molecule has 0 saturated heterocycles. The Morgan fingerprint density at radius 2 is 1.77 bits per heavy atom. The van der Waals surface area contributed by atoms with Crippen molar-refractivity contribution in [2.75, 3.05) is 17.2 Å². The van der Waals surface area contributed by atoms with E-state index in [2.05, 4.69) is 31.5 Å². The highest BCUT2D eigenvalue weighted by molar-refractivity contribution is 9.10. The van der Waals surface area contributed by atoms with E-state index in [-0.39, 0.29) is 12.5 Å². The van der Waals surface area contributed by atoms with Gasteiger partial charge in [0.15, 0.2) is 0 Å². The van der Waals surface area contributed by atoms with Gasteiger partial charge >= 0.3 is 0 Å². The smallest absolute Gasteiger partial charge is 0.243 e. The Labute approximate surface area is 136 Å². The second kappa shape index (κ2) is 6.58. The first kappa shape index (κ1) is 14.5. The van der Waals surface area contributed by atoms with Gasteiger partial charge in [-0.05, 0) is 40.2 Å². The molecule has 4 nitrogen and oxygen atoms in total. The molecule has 0 aliphatic carbocycles. The summed E-state index contributed by atoms with van der Waals surface area (Å²) in [6, 6.07) is 17.3. The predicted molar refractivity (Wildman–Crippen MR) is 93.0 cm³/mol. The lowest BCUT2D eigenvalue weighted by Gasteiger charge is -2.10. The number of halogens is 1. The van der Waals surface area contributed by atoms with Crippen molar-refractivity contribution in [1.29, 1.82) is 0 Å². The summed E-state index contributed by atoms with van der Waals surface area (Å²) < 4.78 is 0.857. The number of amides is 1. The van der Waals surface area contributed by atoms with Crippen LogP contribution in [0, 0.1) is 0 Å². The zero-order valence-corrected chi connectivity index (χ0v) is 13.3. The highest BCUT2D eigenvalue weighted by Crippen LogP contribution is 2.22. The Bertz CT molecular complexity index is 814. The summed E-state index contributed by atoms with van der Waals surface area (Å²) in [5.41, 5.74) is 2.46. The molecule has 1 amide bonds. The van der Waals surface area contributed by atoms with Gasteiger partial charge in [0.25, 0.3) is 0 Å². The highest BCUT2D eigenvalue weighted by Gasteiger charge is 2.06. The molecule has 0 bridgehead atoms. The molecule has 0 atom stereocenters. The van der Waals surface area contributed by atoms with Crippen LogP contribution in [0.15, 0.2) is 65.3 Å². The van der Waals surface area contributed by atoms with Crippen molar-refractivity contribution >= 4 is 44.1 Å². The van der Waals surface area contributed by atoms with E-state index in [1.54, 1.807) is 6.20 Å². The van der Waals surface area contributed by atoms with Crippen LogP contribution in [0.1, 0.15) is 0 Å². The molecule has 0 spiro atoms. The maximum atomic E-state index is 12.1. The standard InChI is InChI=1S/C17H14BrN3O/c18-13-7-1-2-8-14(13)21-16(22)11-20-15-9-3-5-12-6-4-10-19-17(12)15/h1-10,20H,11H2,(H,21,22). The first-order valence-corrected chi connectivity index (χ1v) is 7.65. The van der Waals surface area contributed by atoms with Crippen LogP contribution in [0.3, 0.4) is 0 Å². The van der Waals surface area contributed by atoms with Gasteiger partial charge in [0.05, 0.1) is 23.4 Å². The van der Waals surface area contributed by atoms with E-state index in [4.69, 9.17) is 0 Å². The average molecular weight is 356 g/mol. The van der Waals surface area contributed by atoms with E-state index in [9.17, 15) is 4.79 Å². The molecule has 0 radical (unpaired) electrons. The number of pyridine rings is 1. The molecular weight excluding hydrogens is 342 g/mol. The highest BCUT2D eigenvalue weighted by atomic mass is 79.9. The molecule has 0 unspecified atom stereocenters. The van der Waals surface area contributed by atoms with Crippen LogP contribution in [0.2, 0.25) is 0 Å². The van der Waals surface area contributed by atoms with Gasteiger partial charge in [0, 0.05) is 16.1 Å². The third-order valence-corrected chi connectivity index (χ3v) is 3.91. The summed E-state index contributed by atoms with van der Waals surface area (Å²) in [4.78, 5) is 16.4. The quantitative estimate of drug-likeness (QED) is 0.742. The predicted octanol–water partition coefficient (Wildman–Crippen LogP) is 4.05. The normalized spacial score (nSPS) is 10.4. The Balaban J connectivity index is 1.69. The van der Waals surface area contributed by atoms with E-state index in [1.165, 1.54) is 0 Å². The number of rotatable bonds is 4. The van der Waals surface area contributed by atoms with Gasteiger partial charge in [0.1, 0.15) is 0 Å². The first-order chi connectivity index (χ1) is 10.7. The molecule has 0 aliphatic rings. The number of para-hydroxylation sites is 2. The van der Waals surface area contributed by atoms with Crippen LogP contribution in [0.4, 0.5) is 11.4 Å². The minimum absolute atomic E-state index is 0.111. The van der Waals surface area contributed by atoms with Crippen molar-refractivity contribution in [3.8, 4) is 0 Å². The van der Waals surface area contributed by atoms with Crippen molar-refractivity contribution < 1.29 is 4.79 Å². The summed E-state index contributed by atoms with van der Waals surface area (Å²) in [6.45, 7) is 0.178. The number of hydrogen-bond acceptors (Lipinski definition) is 3. The summed E-state index contributed by atoms with van der Waals surface area (Å²) in [5, 5.41) is 7.04. The molecule has 3 aromatic rings. The van der Waals surface area contributed by atoms with Crippen LogP contribution in [-0.2, 0) is 4.79 Å². The first-order valence-electron chi connectivity index (χ1n) is 6.86. The number of carbonyl (C=O) groups is 1. The SMILES string of the molecule is O=C(CNc1cccc2cccnc12)Nc1ccccc1Br. The minimum Gasteiger partial charge on any atom is -0.374 e. The number of anilines is 2. The van der Waals surface area contributed by atoms with Crippen LogP contribution in [0.5, 0.6) is 0 Å². The maximum Gasteiger partial charge on any atom is 0.243 e. The zero-order valence-electron chi connectivity index (χ0n) is 11.7. The van der Waals surface area contributed by atoms with Gasteiger partial charge in [-0.15, -0.1) is 0 Å². The van der Waals surface area contributed by atoms with Crippen molar-refractivity contribution in [3.05, 3.63) is 65.3 Å². The Morgan fingerprint density at radius 1 is 1.00 bits per heavy atom.